The summed E-state index contributed by atoms with van der Waals surface area (Å²) in [6.07, 6.45) is 6.71. The molecule has 18 heavy (non-hydrogen) atoms. The molecule has 1 fully saturated rings. The fraction of sp³-hybridized carbons (Fsp3) is 0.625. The predicted octanol–water partition coefficient (Wildman–Crippen LogP) is 2.22. The third kappa shape index (κ3) is 4.34. The van der Waals surface area contributed by atoms with Crippen molar-refractivity contribution in [2.75, 3.05) is 26.2 Å². The molecule has 0 aliphatic carbocycles. The molecule has 0 amide bonds. The first kappa shape index (κ1) is 13.4. The fourth-order valence-corrected chi connectivity index (χ4v) is 2.68. The lowest BCUT2D eigenvalue weighted by Gasteiger charge is -2.12. The molecule has 1 aliphatic heterocycles. The summed E-state index contributed by atoms with van der Waals surface area (Å²) in [6.45, 7) is 7.13. The van der Waals surface area contributed by atoms with Gasteiger partial charge in [0, 0.05) is 12.8 Å². The van der Waals surface area contributed by atoms with Gasteiger partial charge in [0.1, 0.15) is 5.75 Å². The summed E-state index contributed by atoms with van der Waals surface area (Å²) in [7, 11) is 0. The van der Waals surface area contributed by atoms with Crippen molar-refractivity contribution in [1.29, 1.82) is 0 Å². The van der Waals surface area contributed by atoms with Crippen LogP contribution >= 0.6 is 0 Å². The van der Waals surface area contributed by atoms with Crippen LogP contribution in [0, 0.1) is 6.92 Å². The first-order valence-corrected chi connectivity index (χ1v) is 7.38. The fourth-order valence-electron chi connectivity index (χ4n) is 2.68. The van der Waals surface area contributed by atoms with E-state index in [1.54, 1.807) is 0 Å². The number of ether oxygens (including phenoxy) is 1. The standard InChI is InChI=1S/C16H25NO/c1-15-9-3-4-10-16(15)18-14-8-2-5-11-17-12-6-7-13-17/h3-4,9-10H,2,5-8,11-14H2,1H3/p+1. The number of hydrogen-bond acceptors (Lipinski definition) is 1. The van der Waals surface area contributed by atoms with Crippen LogP contribution in [0.5, 0.6) is 5.75 Å². The second kappa shape index (κ2) is 7.42. The van der Waals surface area contributed by atoms with E-state index < -0.39 is 0 Å². The van der Waals surface area contributed by atoms with E-state index in [-0.39, 0.29) is 0 Å². The first-order chi connectivity index (χ1) is 8.86. The molecular formula is C16H26NO+. The molecule has 0 radical (unpaired) electrons. The molecule has 1 saturated heterocycles. The number of quaternary nitrogens is 1. The number of hydrogen-bond donors (Lipinski definition) is 1. The van der Waals surface area contributed by atoms with Gasteiger partial charge in [-0.3, -0.25) is 0 Å². The maximum Gasteiger partial charge on any atom is 0.122 e. The lowest BCUT2D eigenvalue weighted by molar-refractivity contribution is -0.887. The summed E-state index contributed by atoms with van der Waals surface area (Å²) in [6, 6.07) is 8.26. The Labute approximate surface area is 111 Å². The maximum absolute atomic E-state index is 5.80. The third-order valence-electron chi connectivity index (χ3n) is 3.84. The van der Waals surface area contributed by atoms with Crippen molar-refractivity contribution >= 4 is 0 Å². The summed E-state index contributed by atoms with van der Waals surface area (Å²) in [5, 5.41) is 0. The van der Waals surface area contributed by atoms with Crippen molar-refractivity contribution in [3.8, 4) is 5.75 Å². The Morgan fingerprint density at radius 2 is 1.83 bits per heavy atom. The molecule has 1 aromatic rings. The maximum atomic E-state index is 5.80. The van der Waals surface area contributed by atoms with Crippen LogP contribution in [0.2, 0.25) is 0 Å². The molecule has 0 spiro atoms. The van der Waals surface area contributed by atoms with Crippen LogP contribution in [0.1, 0.15) is 37.7 Å². The van der Waals surface area contributed by atoms with E-state index in [9.17, 15) is 0 Å². The molecule has 0 bridgehead atoms. The second-order valence-corrected chi connectivity index (χ2v) is 5.38. The van der Waals surface area contributed by atoms with Crippen LogP contribution in [-0.4, -0.2) is 26.2 Å². The van der Waals surface area contributed by atoms with Gasteiger partial charge in [-0.2, -0.15) is 0 Å². The van der Waals surface area contributed by atoms with Gasteiger partial charge in [0.15, 0.2) is 0 Å². The Bertz CT molecular complexity index is 345. The SMILES string of the molecule is Cc1ccccc1OCCCCC[NH+]1CCCC1. The number of nitrogens with one attached hydrogen (secondary N) is 1. The number of likely N-dealkylation sites (tertiary alicyclic amines) is 1. The average molecular weight is 248 g/mol. The van der Waals surface area contributed by atoms with Crippen LogP contribution in [0.15, 0.2) is 24.3 Å². The van der Waals surface area contributed by atoms with Crippen molar-refractivity contribution in [2.24, 2.45) is 0 Å². The number of unbranched alkanes of at least 4 members (excludes halogenated alkanes) is 2. The second-order valence-electron chi connectivity index (χ2n) is 5.38. The van der Waals surface area contributed by atoms with Crippen LogP contribution in [0.4, 0.5) is 0 Å². The predicted molar refractivity (Wildman–Crippen MR) is 75.3 cm³/mol. The zero-order valence-electron chi connectivity index (χ0n) is 11.6. The van der Waals surface area contributed by atoms with Crippen LogP contribution in [-0.2, 0) is 0 Å². The molecule has 1 aliphatic rings. The molecule has 100 valence electrons. The highest BCUT2D eigenvalue weighted by molar-refractivity contribution is 5.31. The Kier molecular flexibility index (Phi) is 5.53. The van der Waals surface area contributed by atoms with E-state index in [4.69, 9.17) is 4.74 Å². The average Bonchev–Trinajstić information content (AvgIpc) is 2.89. The smallest absolute Gasteiger partial charge is 0.122 e. The van der Waals surface area contributed by atoms with E-state index in [1.807, 2.05) is 11.0 Å². The van der Waals surface area contributed by atoms with Gasteiger partial charge in [-0.15, -0.1) is 0 Å². The monoisotopic (exact) mass is 248 g/mol. The Morgan fingerprint density at radius 3 is 2.61 bits per heavy atom. The van der Waals surface area contributed by atoms with E-state index >= 15 is 0 Å². The van der Waals surface area contributed by atoms with Crippen molar-refractivity contribution in [3.05, 3.63) is 29.8 Å². The third-order valence-corrected chi connectivity index (χ3v) is 3.84. The van der Waals surface area contributed by atoms with Crippen LogP contribution in [0.25, 0.3) is 0 Å². The highest BCUT2D eigenvalue weighted by atomic mass is 16.5. The molecule has 2 heteroatoms. The van der Waals surface area contributed by atoms with Crippen molar-refractivity contribution in [2.45, 2.75) is 39.0 Å². The summed E-state index contributed by atoms with van der Waals surface area (Å²) in [5.41, 5.74) is 1.24. The molecule has 1 aromatic carbocycles. The van der Waals surface area contributed by atoms with Crippen molar-refractivity contribution in [1.82, 2.24) is 0 Å². The molecule has 1 N–H and O–H groups in total. The lowest BCUT2D eigenvalue weighted by Crippen LogP contribution is -3.09. The van der Waals surface area contributed by atoms with E-state index in [0.29, 0.717) is 0 Å². The van der Waals surface area contributed by atoms with Crippen molar-refractivity contribution in [3.63, 3.8) is 0 Å². The molecule has 0 atom stereocenters. The van der Waals surface area contributed by atoms with Gasteiger partial charge in [-0.1, -0.05) is 18.2 Å². The van der Waals surface area contributed by atoms with Crippen molar-refractivity contribution < 1.29 is 9.64 Å². The quantitative estimate of drug-likeness (QED) is 0.731. The van der Waals surface area contributed by atoms with Gasteiger partial charge in [0.2, 0.25) is 0 Å². The Balaban J connectivity index is 1.52. The zero-order chi connectivity index (χ0) is 12.6. The summed E-state index contributed by atoms with van der Waals surface area (Å²) < 4.78 is 5.80. The van der Waals surface area contributed by atoms with Gasteiger partial charge in [0.05, 0.1) is 26.2 Å². The van der Waals surface area contributed by atoms with E-state index in [1.165, 1.54) is 57.3 Å². The largest absolute Gasteiger partial charge is 0.493 e. The number of benzene rings is 1. The number of para-hydroxylation sites is 1. The minimum Gasteiger partial charge on any atom is -0.493 e. The van der Waals surface area contributed by atoms with Crippen LogP contribution < -0.4 is 9.64 Å². The molecule has 0 aromatic heterocycles. The summed E-state index contributed by atoms with van der Waals surface area (Å²) in [4.78, 5) is 1.81. The molecule has 2 rings (SSSR count). The number of aryl methyl sites for hydroxylation is 1. The van der Waals surface area contributed by atoms with E-state index in [2.05, 4.69) is 25.1 Å². The normalized spacial score (nSPS) is 16.1. The Hall–Kier alpha value is -1.02. The zero-order valence-corrected chi connectivity index (χ0v) is 11.6. The van der Waals surface area contributed by atoms with Gasteiger partial charge >= 0.3 is 0 Å². The minimum atomic E-state index is 0.861. The molecule has 0 saturated carbocycles. The molecule has 2 nitrogen and oxygen atoms in total. The molecular weight excluding hydrogens is 222 g/mol. The highest BCUT2D eigenvalue weighted by Gasteiger charge is 2.13. The minimum absolute atomic E-state index is 0.861. The number of rotatable bonds is 7. The summed E-state index contributed by atoms with van der Waals surface area (Å²) >= 11 is 0. The van der Waals surface area contributed by atoms with Gasteiger partial charge in [0.25, 0.3) is 0 Å². The first-order valence-electron chi connectivity index (χ1n) is 7.38. The van der Waals surface area contributed by atoms with E-state index in [0.717, 1.165) is 12.4 Å². The highest BCUT2D eigenvalue weighted by Crippen LogP contribution is 2.16. The molecule has 1 heterocycles. The molecule has 0 unspecified atom stereocenters. The topological polar surface area (TPSA) is 13.7 Å². The van der Waals surface area contributed by atoms with Gasteiger partial charge in [-0.05, 0) is 37.8 Å². The van der Waals surface area contributed by atoms with Crippen LogP contribution in [0.3, 0.4) is 0 Å². The van der Waals surface area contributed by atoms with Gasteiger partial charge in [-0.25, -0.2) is 0 Å². The van der Waals surface area contributed by atoms with Gasteiger partial charge < -0.3 is 9.64 Å². The summed E-state index contributed by atoms with van der Waals surface area (Å²) in [5.74, 6) is 1.04. The lowest BCUT2D eigenvalue weighted by atomic mass is 10.2. The Morgan fingerprint density at radius 1 is 1.06 bits per heavy atom.